The maximum atomic E-state index is 5.85. The molecule has 1 saturated carbocycles. The van der Waals surface area contributed by atoms with Gasteiger partial charge in [0.15, 0.2) is 0 Å². The molecule has 0 heterocycles. The van der Waals surface area contributed by atoms with Gasteiger partial charge in [-0.3, -0.25) is 0 Å². The van der Waals surface area contributed by atoms with Crippen molar-refractivity contribution in [3.05, 3.63) is 35.9 Å². The molecule has 0 bridgehead atoms. The number of nitrogens with zero attached hydrogens (tertiary/aromatic N) is 1. The van der Waals surface area contributed by atoms with Crippen LogP contribution >= 0.6 is 0 Å². The molecule has 1 aliphatic rings. The van der Waals surface area contributed by atoms with Crippen LogP contribution in [-0.2, 0) is 16.2 Å². The lowest BCUT2D eigenvalue weighted by atomic mass is 9.82. The number of ether oxygens (including phenoxy) is 1. The average Bonchev–Trinajstić information content (AvgIpc) is 2.32. The second kappa shape index (κ2) is 6.15. The first kappa shape index (κ1) is 12.6. The van der Waals surface area contributed by atoms with Gasteiger partial charge >= 0.3 is 0 Å². The average molecular weight is 235 g/mol. The van der Waals surface area contributed by atoms with Crippen molar-refractivity contribution in [2.24, 2.45) is 5.92 Å². The van der Waals surface area contributed by atoms with Crippen molar-refractivity contribution < 1.29 is 9.57 Å². The topological polar surface area (TPSA) is 21.7 Å². The van der Waals surface area contributed by atoms with E-state index in [0.29, 0.717) is 6.10 Å². The van der Waals surface area contributed by atoms with Gasteiger partial charge in [0.25, 0.3) is 0 Å². The van der Waals surface area contributed by atoms with E-state index in [0.717, 1.165) is 31.9 Å². The molecule has 0 amide bonds. The van der Waals surface area contributed by atoms with Gasteiger partial charge in [0.1, 0.15) is 0 Å². The minimum absolute atomic E-state index is 0.436. The summed E-state index contributed by atoms with van der Waals surface area (Å²) in [6, 6.07) is 10.3. The third-order valence-corrected chi connectivity index (χ3v) is 3.35. The van der Waals surface area contributed by atoms with E-state index in [-0.39, 0.29) is 0 Å². The van der Waals surface area contributed by atoms with Crippen molar-refractivity contribution in [3.8, 4) is 0 Å². The lowest BCUT2D eigenvalue weighted by Crippen LogP contribution is -2.38. The molecular formula is C14H21NO2. The first-order valence-corrected chi connectivity index (χ1v) is 6.18. The van der Waals surface area contributed by atoms with Gasteiger partial charge in [-0.2, -0.15) is 5.06 Å². The van der Waals surface area contributed by atoms with Gasteiger partial charge in [-0.15, -0.1) is 0 Å². The summed E-state index contributed by atoms with van der Waals surface area (Å²) in [5, 5.41) is 1.89. The van der Waals surface area contributed by atoms with Gasteiger partial charge in [0.05, 0.1) is 19.8 Å². The first-order valence-electron chi connectivity index (χ1n) is 6.18. The Morgan fingerprint density at radius 2 is 1.94 bits per heavy atom. The van der Waals surface area contributed by atoms with E-state index in [1.165, 1.54) is 5.56 Å². The highest BCUT2D eigenvalue weighted by Gasteiger charge is 2.30. The Kier molecular flexibility index (Phi) is 4.54. The van der Waals surface area contributed by atoms with Crippen molar-refractivity contribution in [1.29, 1.82) is 0 Å². The van der Waals surface area contributed by atoms with Crippen LogP contribution in [0.25, 0.3) is 0 Å². The molecule has 0 atom stereocenters. The number of rotatable bonds is 6. The number of benzene rings is 1. The first-order chi connectivity index (χ1) is 8.28. The Balaban J connectivity index is 1.61. The summed E-state index contributed by atoms with van der Waals surface area (Å²) >= 11 is 0. The van der Waals surface area contributed by atoms with Gasteiger partial charge in [0, 0.05) is 13.6 Å². The predicted octanol–water partition coefficient (Wildman–Crippen LogP) is 2.48. The molecule has 0 aromatic heterocycles. The lowest BCUT2D eigenvalue weighted by Gasteiger charge is -2.36. The number of hydrogen-bond acceptors (Lipinski definition) is 3. The van der Waals surface area contributed by atoms with Crippen LogP contribution in [0.3, 0.4) is 0 Å². The fourth-order valence-corrected chi connectivity index (χ4v) is 2.19. The van der Waals surface area contributed by atoms with Crippen LogP contribution in [0.2, 0.25) is 0 Å². The van der Waals surface area contributed by atoms with Gasteiger partial charge < -0.3 is 9.57 Å². The number of hydroxylamine groups is 2. The molecule has 17 heavy (non-hydrogen) atoms. The zero-order valence-electron chi connectivity index (χ0n) is 10.6. The largest absolute Gasteiger partial charge is 0.374 e. The molecule has 0 radical (unpaired) electrons. The molecule has 1 aromatic rings. The van der Waals surface area contributed by atoms with E-state index < -0.39 is 0 Å². The van der Waals surface area contributed by atoms with E-state index in [4.69, 9.17) is 9.57 Å². The molecule has 1 fully saturated rings. The molecule has 0 aliphatic heterocycles. The Bertz CT molecular complexity index is 322. The molecule has 0 spiro atoms. The highest BCUT2D eigenvalue weighted by atomic mass is 16.7. The SMILES string of the molecule is CON(C)CC1CC(OCc2ccccc2)C1. The highest BCUT2D eigenvalue weighted by molar-refractivity contribution is 5.13. The normalized spacial score (nSPS) is 23.7. The summed E-state index contributed by atoms with van der Waals surface area (Å²) in [6.07, 6.45) is 2.74. The van der Waals surface area contributed by atoms with Crippen LogP contribution in [0.1, 0.15) is 18.4 Å². The van der Waals surface area contributed by atoms with Gasteiger partial charge in [-0.05, 0) is 24.3 Å². The maximum Gasteiger partial charge on any atom is 0.0720 e. The second-order valence-corrected chi connectivity index (χ2v) is 4.75. The van der Waals surface area contributed by atoms with E-state index in [1.54, 1.807) is 7.11 Å². The molecule has 3 nitrogen and oxygen atoms in total. The molecule has 0 unspecified atom stereocenters. The third-order valence-electron chi connectivity index (χ3n) is 3.35. The third kappa shape index (κ3) is 3.80. The van der Waals surface area contributed by atoms with E-state index in [2.05, 4.69) is 24.3 Å². The van der Waals surface area contributed by atoms with Crippen molar-refractivity contribution in [3.63, 3.8) is 0 Å². The molecule has 0 saturated heterocycles. The minimum atomic E-state index is 0.436. The lowest BCUT2D eigenvalue weighted by molar-refractivity contribution is -0.139. The van der Waals surface area contributed by atoms with Crippen molar-refractivity contribution in [2.75, 3.05) is 20.7 Å². The van der Waals surface area contributed by atoms with Crippen LogP contribution in [0.5, 0.6) is 0 Å². The van der Waals surface area contributed by atoms with Gasteiger partial charge in [0.2, 0.25) is 0 Å². The van der Waals surface area contributed by atoms with Crippen molar-refractivity contribution in [2.45, 2.75) is 25.6 Å². The summed E-state index contributed by atoms with van der Waals surface area (Å²) in [4.78, 5) is 5.11. The van der Waals surface area contributed by atoms with Crippen molar-refractivity contribution >= 4 is 0 Å². The zero-order chi connectivity index (χ0) is 12.1. The van der Waals surface area contributed by atoms with Gasteiger partial charge in [-0.25, -0.2) is 0 Å². The van der Waals surface area contributed by atoms with Crippen LogP contribution < -0.4 is 0 Å². The van der Waals surface area contributed by atoms with Crippen LogP contribution in [0, 0.1) is 5.92 Å². The summed E-state index contributed by atoms with van der Waals surface area (Å²) in [6.45, 7) is 1.74. The fraction of sp³-hybridized carbons (Fsp3) is 0.571. The maximum absolute atomic E-state index is 5.85. The Hall–Kier alpha value is -0.900. The predicted molar refractivity (Wildman–Crippen MR) is 67.4 cm³/mol. The molecule has 0 N–H and O–H groups in total. The molecule has 1 aromatic carbocycles. The van der Waals surface area contributed by atoms with E-state index in [1.807, 2.05) is 18.2 Å². The summed E-state index contributed by atoms with van der Waals surface area (Å²) in [5.41, 5.74) is 1.25. The number of hydrogen-bond donors (Lipinski definition) is 0. The molecule has 3 heteroatoms. The zero-order valence-corrected chi connectivity index (χ0v) is 10.6. The second-order valence-electron chi connectivity index (χ2n) is 4.75. The highest BCUT2D eigenvalue weighted by Crippen LogP contribution is 2.31. The smallest absolute Gasteiger partial charge is 0.0720 e. The Morgan fingerprint density at radius 3 is 2.59 bits per heavy atom. The van der Waals surface area contributed by atoms with E-state index in [9.17, 15) is 0 Å². The standard InChI is InChI=1S/C14H21NO2/c1-15(16-2)10-13-8-14(9-13)17-11-12-6-4-3-5-7-12/h3-7,13-14H,8-11H2,1-2H3. The molecule has 94 valence electrons. The van der Waals surface area contributed by atoms with Gasteiger partial charge in [-0.1, -0.05) is 30.3 Å². The molecular weight excluding hydrogens is 214 g/mol. The molecule has 2 rings (SSSR count). The fourth-order valence-electron chi connectivity index (χ4n) is 2.19. The van der Waals surface area contributed by atoms with Crippen molar-refractivity contribution in [1.82, 2.24) is 5.06 Å². The minimum Gasteiger partial charge on any atom is -0.374 e. The van der Waals surface area contributed by atoms with E-state index >= 15 is 0 Å². The molecule has 1 aliphatic carbocycles. The van der Waals surface area contributed by atoms with Crippen LogP contribution in [0.15, 0.2) is 30.3 Å². The monoisotopic (exact) mass is 235 g/mol. The quantitative estimate of drug-likeness (QED) is 0.707. The Labute approximate surface area is 103 Å². The Morgan fingerprint density at radius 1 is 1.24 bits per heavy atom. The van der Waals surface area contributed by atoms with Crippen LogP contribution in [-0.4, -0.2) is 31.9 Å². The summed E-state index contributed by atoms with van der Waals surface area (Å²) < 4.78 is 5.85. The van der Waals surface area contributed by atoms with Crippen LogP contribution in [0.4, 0.5) is 0 Å². The summed E-state index contributed by atoms with van der Waals surface area (Å²) in [7, 11) is 3.68. The summed E-state index contributed by atoms with van der Waals surface area (Å²) in [5.74, 6) is 0.723.